The lowest BCUT2D eigenvalue weighted by molar-refractivity contribution is 0.0759. The second-order valence-corrected chi connectivity index (χ2v) is 5.41. The minimum absolute atomic E-state index is 0.277. The van der Waals surface area contributed by atoms with Crippen LogP contribution in [0.2, 0.25) is 0 Å². The second-order valence-electron chi connectivity index (χ2n) is 5.41. The first-order valence-electron chi connectivity index (χ1n) is 7.50. The van der Waals surface area contributed by atoms with E-state index in [1.165, 1.54) is 5.56 Å². The summed E-state index contributed by atoms with van der Waals surface area (Å²) in [5.41, 5.74) is 6.97. The van der Waals surface area contributed by atoms with Crippen LogP contribution in [-0.2, 0) is 4.74 Å². The number of nitrogens with two attached hydrogens (primary N) is 1. The zero-order chi connectivity index (χ0) is 15.7. The molecule has 5 heteroatoms. The molecule has 1 atom stereocenters. The maximum Gasteiger partial charge on any atom is 0.316 e. The van der Waals surface area contributed by atoms with Gasteiger partial charge in [0, 0.05) is 18.3 Å². The molecular formula is C16H27N3O2. The van der Waals surface area contributed by atoms with Crippen molar-refractivity contribution in [1.29, 1.82) is 0 Å². The SMILES string of the molecule is CC(C)OCCCCNC(C)c1ccc(NC(N)=O)cc1. The molecular weight excluding hydrogens is 266 g/mol. The van der Waals surface area contributed by atoms with Crippen LogP contribution in [0.4, 0.5) is 10.5 Å². The van der Waals surface area contributed by atoms with Gasteiger partial charge in [-0.05, 0) is 57.9 Å². The molecule has 4 N–H and O–H groups in total. The maximum absolute atomic E-state index is 10.7. The summed E-state index contributed by atoms with van der Waals surface area (Å²) in [6.45, 7) is 8.01. The van der Waals surface area contributed by atoms with Crippen LogP contribution in [0, 0.1) is 0 Å². The van der Waals surface area contributed by atoms with Gasteiger partial charge in [0.15, 0.2) is 0 Å². The van der Waals surface area contributed by atoms with Crippen molar-refractivity contribution < 1.29 is 9.53 Å². The summed E-state index contributed by atoms with van der Waals surface area (Å²) in [5, 5.41) is 6.03. The molecule has 1 unspecified atom stereocenters. The normalized spacial score (nSPS) is 12.4. The number of carbonyl (C=O) groups is 1. The molecule has 0 radical (unpaired) electrons. The summed E-state index contributed by atoms with van der Waals surface area (Å²) < 4.78 is 5.51. The molecule has 118 valence electrons. The Morgan fingerprint density at radius 1 is 1.19 bits per heavy atom. The Bertz CT molecular complexity index is 418. The van der Waals surface area contributed by atoms with Crippen molar-refractivity contribution in [3.63, 3.8) is 0 Å². The van der Waals surface area contributed by atoms with Crippen LogP contribution >= 0.6 is 0 Å². The standard InChI is InChI=1S/C16H27N3O2/c1-12(2)21-11-5-4-10-18-13(3)14-6-8-15(9-7-14)19-16(17)20/h6-9,12-13,18H,4-5,10-11H2,1-3H3,(H3,17,19,20). The molecule has 21 heavy (non-hydrogen) atoms. The summed E-state index contributed by atoms with van der Waals surface area (Å²) in [6.07, 6.45) is 2.47. The van der Waals surface area contributed by atoms with E-state index in [2.05, 4.69) is 31.4 Å². The number of hydrogen-bond acceptors (Lipinski definition) is 3. The predicted octanol–water partition coefficient (Wildman–Crippen LogP) is 3.03. The van der Waals surface area contributed by atoms with Crippen molar-refractivity contribution in [2.24, 2.45) is 5.73 Å². The minimum Gasteiger partial charge on any atom is -0.379 e. The van der Waals surface area contributed by atoms with Crippen LogP contribution in [0.1, 0.15) is 45.2 Å². The number of carbonyl (C=O) groups excluding carboxylic acids is 1. The number of benzene rings is 1. The molecule has 2 amide bonds. The monoisotopic (exact) mass is 293 g/mol. The fourth-order valence-electron chi connectivity index (χ4n) is 1.98. The van der Waals surface area contributed by atoms with Crippen molar-refractivity contribution in [1.82, 2.24) is 5.32 Å². The summed E-state index contributed by atoms with van der Waals surface area (Å²) in [6, 6.07) is 7.43. The molecule has 1 aromatic carbocycles. The van der Waals surface area contributed by atoms with E-state index in [-0.39, 0.29) is 6.04 Å². The van der Waals surface area contributed by atoms with E-state index in [1.807, 2.05) is 24.3 Å². The fourth-order valence-corrected chi connectivity index (χ4v) is 1.98. The molecule has 0 aliphatic carbocycles. The molecule has 0 spiro atoms. The van der Waals surface area contributed by atoms with Gasteiger partial charge in [-0.15, -0.1) is 0 Å². The number of nitrogens with one attached hydrogen (secondary N) is 2. The molecule has 1 aromatic rings. The second kappa shape index (κ2) is 9.37. The highest BCUT2D eigenvalue weighted by Gasteiger charge is 2.05. The maximum atomic E-state index is 10.7. The largest absolute Gasteiger partial charge is 0.379 e. The Morgan fingerprint density at radius 2 is 1.86 bits per heavy atom. The average molecular weight is 293 g/mol. The van der Waals surface area contributed by atoms with Gasteiger partial charge in [-0.2, -0.15) is 0 Å². The highest BCUT2D eigenvalue weighted by molar-refractivity contribution is 5.87. The summed E-state index contributed by atoms with van der Waals surface area (Å²) in [5.74, 6) is 0. The molecule has 0 aromatic heterocycles. The van der Waals surface area contributed by atoms with Crippen LogP contribution in [0.3, 0.4) is 0 Å². The van der Waals surface area contributed by atoms with Crippen molar-refractivity contribution in [2.75, 3.05) is 18.5 Å². The summed E-state index contributed by atoms with van der Waals surface area (Å²) in [4.78, 5) is 10.7. The van der Waals surface area contributed by atoms with Crippen molar-refractivity contribution in [3.8, 4) is 0 Å². The van der Waals surface area contributed by atoms with Crippen LogP contribution in [0.15, 0.2) is 24.3 Å². The molecule has 0 saturated carbocycles. The first-order valence-corrected chi connectivity index (χ1v) is 7.50. The summed E-state index contributed by atoms with van der Waals surface area (Å²) in [7, 11) is 0. The van der Waals surface area contributed by atoms with Crippen LogP contribution in [-0.4, -0.2) is 25.3 Å². The third-order valence-corrected chi connectivity index (χ3v) is 3.15. The Morgan fingerprint density at radius 3 is 2.43 bits per heavy atom. The lowest BCUT2D eigenvalue weighted by Crippen LogP contribution is -2.21. The van der Waals surface area contributed by atoms with E-state index in [9.17, 15) is 4.79 Å². The van der Waals surface area contributed by atoms with Gasteiger partial charge in [-0.3, -0.25) is 0 Å². The number of amides is 2. The minimum atomic E-state index is -0.544. The molecule has 0 saturated heterocycles. The van der Waals surface area contributed by atoms with E-state index in [1.54, 1.807) is 0 Å². The van der Waals surface area contributed by atoms with Crippen molar-refractivity contribution in [3.05, 3.63) is 29.8 Å². The third kappa shape index (κ3) is 7.68. The van der Waals surface area contributed by atoms with Gasteiger partial charge < -0.3 is 21.1 Å². The zero-order valence-electron chi connectivity index (χ0n) is 13.2. The molecule has 0 fully saturated rings. The Balaban J connectivity index is 2.25. The first-order chi connectivity index (χ1) is 9.99. The van der Waals surface area contributed by atoms with E-state index < -0.39 is 6.03 Å². The first kappa shape index (κ1) is 17.5. The number of anilines is 1. The van der Waals surface area contributed by atoms with E-state index in [0.717, 1.165) is 26.0 Å². The number of primary amides is 1. The predicted molar refractivity (Wildman–Crippen MR) is 86.4 cm³/mol. The smallest absolute Gasteiger partial charge is 0.316 e. The molecule has 5 nitrogen and oxygen atoms in total. The van der Waals surface area contributed by atoms with Crippen LogP contribution in [0.25, 0.3) is 0 Å². The fraction of sp³-hybridized carbons (Fsp3) is 0.562. The van der Waals surface area contributed by atoms with E-state index in [4.69, 9.17) is 10.5 Å². The molecule has 0 aliphatic heterocycles. The number of hydrogen-bond donors (Lipinski definition) is 3. The molecule has 0 bridgehead atoms. The zero-order valence-corrected chi connectivity index (χ0v) is 13.2. The van der Waals surface area contributed by atoms with Gasteiger partial charge in [0.25, 0.3) is 0 Å². The van der Waals surface area contributed by atoms with Gasteiger partial charge in [-0.1, -0.05) is 12.1 Å². The number of urea groups is 1. The average Bonchev–Trinajstić information content (AvgIpc) is 2.42. The number of ether oxygens (including phenoxy) is 1. The van der Waals surface area contributed by atoms with Crippen LogP contribution < -0.4 is 16.4 Å². The summed E-state index contributed by atoms with van der Waals surface area (Å²) >= 11 is 0. The number of rotatable bonds is 9. The third-order valence-electron chi connectivity index (χ3n) is 3.15. The topological polar surface area (TPSA) is 76.4 Å². The van der Waals surface area contributed by atoms with Gasteiger partial charge >= 0.3 is 6.03 Å². The van der Waals surface area contributed by atoms with E-state index in [0.29, 0.717) is 11.8 Å². The highest BCUT2D eigenvalue weighted by Crippen LogP contribution is 2.15. The molecule has 0 aliphatic rings. The lowest BCUT2D eigenvalue weighted by Gasteiger charge is -2.15. The molecule has 1 rings (SSSR count). The number of unbranched alkanes of at least 4 members (excludes halogenated alkanes) is 1. The quantitative estimate of drug-likeness (QED) is 0.612. The lowest BCUT2D eigenvalue weighted by atomic mass is 10.1. The Labute approximate surface area is 127 Å². The Kier molecular flexibility index (Phi) is 7.79. The van der Waals surface area contributed by atoms with Gasteiger partial charge in [0.2, 0.25) is 0 Å². The van der Waals surface area contributed by atoms with Gasteiger partial charge in [0.05, 0.1) is 6.10 Å². The van der Waals surface area contributed by atoms with E-state index >= 15 is 0 Å². The van der Waals surface area contributed by atoms with Gasteiger partial charge in [-0.25, -0.2) is 4.79 Å². The van der Waals surface area contributed by atoms with Crippen molar-refractivity contribution >= 4 is 11.7 Å². The van der Waals surface area contributed by atoms with Crippen LogP contribution in [0.5, 0.6) is 0 Å². The Hall–Kier alpha value is -1.59. The molecule has 0 heterocycles. The highest BCUT2D eigenvalue weighted by atomic mass is 16.5. The van der Waals surface area contributed by atoms with Gasteiger partial charge in [0.1, 0.15) is 0 Å². The van der Waals surface area contributed by atoms with Crippen molar-refractivity contribution in [2.45, 2.75) is 45.8 Å².